The van der Waals surface area contributed by atoms with Crippen LogP contribution in [0.15, 0.2) is 10.7 Å². The smallest absolute Gasteiger partial charge is 0.194 e. The Morgan fingerprint density at radius 3 is 3.17 bits per heavy atom. The zero-order valence-electron chi connectivity index (χ0n) is 11.6. The molecule has 4 heteroatoms. The zero-order chi connectivity index (χ0) is 13.0. The second-order valence-corrected chi connectivity index (χ2v) is 5.52. The van der Waals surface area contributed by atoms with Gasteiger partial charge in [-0.2, -0.15) is 0 Å². The number of oxazole rings is 1. The van der Waals surface area contributed by atoms with Crippen LogP contribution in [0.25, 0.3) is 0 Å². The number of aromatic nitrogens is 1. The van der Waals surface area contributed by atoms with Gasteiger partial charge in [-0.25, -0.2) is 4.98 Å². The molecule has 0 spiro atoms. The summed E-state index contributed by atoms with van der Waals surface area (Å²) in [7, 11) is 0. The van der Waals surface area contributed by atoms with Gasteiger partial charge in [-0.15, -0.1) is 0 Å². The van der Waals surface area contributed by atoms with Crippen molar-refractivity contribution in [2.45, 2.75) is 45.6 Å². The third-order valence-electron chi connectivity index (χ3n) is 3.64. The molecule has 1 aromatic heterocycles. The van der Waals surface area contributed by atoms with Crippen LogP contribution in [0.2, 0.25) is 0 Å². The van der Waals surface area contributed by atoms with Gasteiger partial charge in [-0.3, -0.25) is 0 Å². The summed E-state index contributed by atoms with van der Waals surface area (Å²) in [5, 5.41) is 0. The molecular formula is C14H25N3O. The average molecular weight is 251 g/mol. The minimum atomic E-state index is 0.146. The monoisotopic (exact) mass is 251 g/mol. The lowest BCUT2D eigenvalue weighted by Gasteiger charge is -2.31. The molecule has 0 bridgehead atoms. The highest BCUT2D eigenvalue weighted by atomic mass is 16.3. The number of hydrogen-bond donors (Lipinski definition) is 1. The van der Waals surface area contributed by atoms with Crippen molar-refractivity contribution in [1.29, 1.82) is 0 Å². The molecule has 0 radical (unpaired) electrons. The Morgan fingerprint density at radius 2 is 2.44 bits per heavy atom. The van der Waals surface area contributed by atoms with E-state index in [0.717, 1.165) is 31.0 Å². The largest absolute Gasteiger partial charge is 0.449 e. The SMILES string of the molecule is CCN1CCCC(Cc2nc(CC(C)N)co2)C1. The Morgan fingerprint density at radius 1 is 1.61 bits per heavy atom. The molecule has 2 heterocycles. The van der Waals surface area contributed by atoms with Crippen molar-refractivity contribution >= 4 is 0 Å². The fraction of sp³-hybridized carbons (Fsp3) is 0.786. The van der Waals surface area contributed by atoms with E-state index in [1.807, 2.05) is 6.92 Å². The molecule has 1 saturated heterocycles. The summed E-state index contributed by atoms with van der Waals surface area (Å²) in [5.74, 6) is 1.58. The Hall–Kier alpha value is -0.870. The Balaban J connectivity index is 1.86. The van der Waals surface area contributed by atoms with Crippen LogP contribution in [-0.4, -0.2) is 35.6 Å². The second-order valence-electron chi connectivity index (χ2n) is 5.52. The minimum Gasteiger partial charge on any atom is -0.449 e. The number of likely N-dealkylation sites (tertiary alicyclic amines) is 1. The normalized spacial score (nSPS) is 23.2. The van der Waals surface area contributed by atoms with E-state index in [1.165, 1.54) is 25.9 Å². The summed E-state index contributed by atoms with van der Waals surface area (Å²) in [6, 6.07) is 0.146. The van der Waals surface area contributed by atoms with Crippen molar-refractivity contribution in [1.82, 2.24) is 9.88 Å². The van der Waals surface area contributed by atoms with E-state index in [9.17, 15) is 0 Å². The molecule has 1 aliphatic heterocycles. The van der Waals surface area contributed by atoms with Crippen LogP contribution in [0, 0.1) is 5.92 Å². The Kier molecular flexibility index (Phi) is 4.78. The Labute approximate surface area is 110 Å². The molecule has 0 amide bonds. The number of hydrogen-bond acceptors (Lipinski definition) is 4. The molecule has 1 fully saturated rings. The number of nitrogens with two attached hydrogens (primary N) is 1. The molecule has 18 heavy (non-hydrogen) atoms. The van der Waals surface area contributed by atoms with Crippen LogP contribution in [0.3, 0.4) is 0 Å². The van der Waals surface area contributed by atoms with Crippen LogP contribution in [0.4, 0.5) is 0 Å². The fourth-order valence-electron chi connectivity index (χ4n) is 2.72. The van der Waals surface area contributed by atoms with Crippen molar-refractivity contribution in [3.05, 3.63) is 17.8 Å². The van der Waals surface area contributed by atoms with E-state index >= 15 is 0 Å². The molecule has 1 aromatic rings. The van der Waals surface area contributed by atoms with Crippen LogP contribution < -0.4 is 5.73 Å². The minimum absolute atomic E-state index is 0.146. The first-order valence-electron chi connectivity index (χ1n) is 7.08. The van der Waals surface area contributed by atoms with E-state index in [0.29, 0.717) is 5.92 Å². The van der Waals surface area contributed by atoms with Gasteiger partial charge in [0.15, 0.2) is 5.89 Å². The van der Waals surface area contributed by atoms with Gasteiger partial charge in [-0.1, -0.05) is 6.92 Å². The van der Waals surface area contributed by atoms with E-state index in [4.69, 9.17) is 10.2 Å². The summed E-state index contributed by atoms with van der Waals surface area (Å²) in [6.07, 6.45) is 6.12. The predicted octanol–water partition coefficient (Wildman–Crippen LogP) is 1.84. The number of piperidine rings is 1. The fourth-order valence-corrected chi connectivity index (χ4v) is 2.72. The molecule has 2 atom stereocenters. The van der Waals surface area contributed by atoms with E-state index < -0.39 is 0 Å². The van der Waals surface area contributed by atoms with Gasteiger partial charge in [-0.05, 0) is 38.8 Å². The number of rotatable bonds is 5. The molecule has 0 saturated carbocycles. The lowest BCUT2D eigenvalue weighted by Crippen LogP contribution is -2.35. The third-order valence-corrected chi connectivity index (χ3v) is 3.64. The van der Waals surface area contributed by atoms with E-state index in [1.54, 1.807) is 6.26 Å². The third kappa shape index (κ3) is 3.82. The van der Waals surface area contributed by atoms with Gasteiger partial charge in [0.2, 0.25) is 0 Å². The predicted molar refractivity (Wildman–Crippen MR) is 72.4 cm³/mol. The molecule has 2 unspecified atom stereocenters. The van der Waals surface area contributed by atoms with Gasteiger partial charge in [0.05, 0.1) is 5.69 Å². The second kappa shape index (κ2) is 6.34. The van der Waals surface area contributed by atoms with Gasteiger partial charge in [0.25, 0.3) is 0 Å². The van der Waals surface area contributed by atoms with Crippen LogP contribution in [-0.2, 0) is 12.8 Å². The lowest BCUT2D eigenvalue weighted by atomic mass is 9.95. The zero-order valence-corrected chi connectivity index (χ0v) is 11.6. The number of nitrogens with zero attached hydrogens (tertiary/aromatic N) is 2. The summed E-state index contributed by atoms with van der Waals surface area (Å²) in [4.78, 5) is 7.04. The van der Waals surface area contributed by atoms with Crippen LogP contribution in [0.1, 0.15) is 38.3 Å². The highest BCUT2D eigenvalue weighted by Crippen LogP contribution is 2.20. The highest BCUT2D eigenvalue weighted by molar-refractivity contribution is 4.99. The van der Waals surface area contributed by atoms with Crippen molar-refractivity contribution in [3.8, 4) is 0 Å². The molecule has 2 rings (SSSR count). The maximum absolute atomic E-state index is 5.77. The van der Waals surface area contributed by atoms with Gasteiger partial charge >= 0.3 is 0 Å². The average Bonchev–Trinajstić information content (AvgIpc) is 2.76. The van der Waals surface area contributed by atoms with Gasteiger partial charge < -0.3 is 15.1 Å². The molecule has 1 aliphatic rings. The Bertz CT molecular complexity index is 362. The highest BCUT2D eigenvalue weighted by Gasteiger charge is 2.20. The molecule has 4 nitrogen and oxygen atoms in total. The first-order valence-corrected chi connectivity index (χ1v) is 7.08. The first kappa shape index (κ1) is 13.6. The van der Waals surface area contributed by atoms with Crippen molar-refractivity contribution in [2.75, 3.05) is 19.6 Å². The van der Waals surface area contributed by atoms with Crippen LogP contribution >= 0.6 is 0 Å². The maximum atomic E-state index is 5.77. The molecule has 0 aromatic carbocycles. The maximum Gasteiger partial charge on any atom is 0.194 e. The molecule has 102 valence electrons. The lowest BCUT2D eigenvalue weighted by molar-refractivity contribution is 0.176. The standard InChI is InChI=1S/C14H25N3O/c1-3-17-6-4-5-12(9-17)8-14-16-13(10-18-14)7-11(2)15/h10-12H,3-9,15H2,1-2H3. The molecule has 0 aliphatic carbocycles. The summed E-state index contributed by atoms with van der Waals surface area (Å²) < 4.78 is 5.55. The van der Waals surface area contributed by atoms with Gasteiger partial charge in [0.1, 0.15) is 6.26 Å². The molecule has 2 N–H and O–H groups in total. The topological polar surface area (TPSA) is 55.3 Å². The first-order chi connectivity index (χ1) is 8.67. The van der Waals surface area contributed by atoms with Gasteiger partial charge in [0, 0.05) is 25.4 Å². The summed E-state index contributed by atoms with van der Waals surface area (Å²) in [5.41, 5.74) is 6.75. The van der Waals surface area contributed by atoms with E-state index in [-0.39, 0.29) is 6.04 Å². The summed E-state index contributed by atoms with van der Waals surface area (Å²) >= 11 is 0. The van der Waals surface area contributed by atoms with Crippen molar-refractivity contribution < 1.29 is 4.42 Å². The summed E-state index contributed by atoms with van der Waals surface area (Å²) in [6.45, 7) is 7.80. The quantitative estimate of drug-likeness (QED) is 0.867. The van der Waals surface area contributed by atoms with Crippen LogP contribution in [0.5, 0.6) is 0 Å². The van der Waals surface area contributed by atoms with Crippen molar-refractivity contribution in [3.63, 3.8) is 0 Å². The van der Waals surface area contributed by atoms with Crippen molar-refractivity contribution in [2.24, 2.45) is 11.7 Å². The van der Waals surface area contributed by atoms with E-state index in [2.05, 4.69) is 16.8 Å². The molecular weight excluding hydrogens is 226 g/mol.